The van der Waals surface area contributed by atoms with Gasteiger partial charge in [-0.25, -0.2) is 38.9 Å². The normalized spacial score (nSPS) is 12.5. The van der Waals surface area contributed by atoms with Crippen molar-refractivity contribution in [2.45, 2.75) is 51.7 Å². The third kappa shape index (κ3) is 38.2. The molecule has 4 aliphatic heterocycles. The number of nitriles is 1. The molecule has 1 saturated heterocycles. The first-order valence-corrected chi connectivity index (χ1v) is 40.7. The molecule has 9 amide bonds. The summed E-state index contributed by atoms with van der Waals surface area (Å²) in [5.74, 6) is -2.55. The van der Waals surface area contributed by atoms with Crippen molar-refractivity contribution >= 4 is 128 Å². The van der Waals surface area contributed by atoms with Gasteiger partial charge < -0.3 is 102 Å². The minimum absolute atomic E-state index is 0.0295. The van der Waals surface area contributed by atoms with Gasteiger partial charge in [-0.15, -0.1) is 5.26 Å². The average Bonchev–Trinajstić information content (AvgIpc) is 1.80. The molecule has 8 heterocycles. The van der Waals surface area contributed by atoms with Gasteiger partial charge in [0.05, 0.1) is 22.1 Å². The first kappa shape index (κ1) is 103. The number of hydrogen-bond acceptors (Lipinski definition) is 26. The van der Waals surface area contributed by atoms with E-state index >= 15 is 0 Å². The molecule has 3 unspecified atom stereocenters. The molecular weight excluding hydrogens is 1750 g/mol. The van der Waals surface area contributed by atoms with Gasteiger partial charge in [0.15, 0.2) is 0 Å². The number of nitro benzene ring substituents is 1. The number of nitrogens with zero attached hydrogens (tertiary/aromatic N) is 10. The van der Waals surface area contributed by atoms with E-state index in [0.29, 0.717) is 54.9 Å². The lowest BCUT2D eigenvalue weighted by Gasteiger charge is -2.16. The van der Waals surface area contributed by atoms with Crippen LogP contribution in [0.15, 0.2) is 264 Å². The fraction of sp³-hybridized carbons (Fsp3) is 0.182. The molecular formula is C88H97Cl3N26O14. The van der Waals surface area contributed by atoms with E-state index in [1.54, 1.807) is 51.2 Å². The second kappa shape index (κ2) is 55.2. The average molecular weight is 1850 g/mol. The number of rotatable bonds is 16. The third-order valence-corrected chi connectivity index (χ3v) is 18.2. The molecule has 40 nitrogen and oxygen atoms in total. The maximum Gasteiger partial charge on any atom is 0.342 e. The summed E-state index contributed by atoms with van der Waals surface area (Å²) in [6, 6.07) is 56.4. The molecule has 0 aliphatic carbocycles. The Morgan fingerprint density at radius 3 is 1.24 bits per heavy atom. The van der Waals surface area contributed by atoms with Crippen LogP contribution in [-0.2, 0) is 0 Å². The number of carboxylic acids is 1. The highest BCUT2D eigenvalue weighted by atomic mass is 35.5. The Labute approximate surface area is 765 Å². The predicted molar refractivity (Wildman–Crippen MR) is 503 cm³/mol. The van der Waals surface area contributed by atoms with E-state index in [1.807, 2.05) is 182 Å². The molecule has 684 valence electrons. The summed E-state index contributed by atoms with van der Waals surface area (Å²) in [5.41, 5.74) is 42.7. The summed E-state index contributed by atoms with van der Waals surface area (Å²) in [6.45, 7) is 12.4. The Balaban J connectivity index is 0.000000227. The number of carbonyl (C=O) groups excluding carboxylic acids is 6. The first-order chi connectivity index (χ1) is 62.7. The zero-order valence-corrected chi connectivity index (χ0v) is 73.1. The summed E-state index contributed by atoms with van der Waals surface area (Å²) < 4.78 is 4.40. The summed E-state index contributed by atoms with van der Waals surface area (Å²) in [6.07, 6.45) is 20.3. The van der Waals surface area contributed by atoms with Crippen molar-refractivity contribution in [3.05, 3.63) is 345 Å². The van der Waals surface area contributed by atoms with Crippen LogP contribution in [0.25, 0.3) is 0 Å². The predicted octanol–water partition coefficient (Wildman–Crippen LogP) is 11.6. The van der Waals surface area contributed by atoms with Gasteiger partial charge in [-0.3, -0.25) is 44.1 Å². The number of urea groups is 3. The largest absolute Gasteiger partial charge is 0.477 e. The Morgan fingerprint density at radius 2 is 0.901 bits per heavy atom. The van der Waals surface area contributed by atoms with Crippen molar-refractivity contribution in [1.29, 1.82) is 5.26 Å². The number of aromatic amines is 3. The number of carboxylic acid groups (broad SMARTS) is 1. The van der Waals surface area contributed by atoms with Crippen molar-refractivity contribution in [3.8, 4) is 12.0 Å². The second-order valence-corrected chi connectivity index (χ2v) is 28.6. The number of hydrogen-bond donors (Lipinski definition) is 17. The monoisotopic (exact) mass is 1850 g/mol. The van der Waals surface area contributed by atoms with Crippen molar-refractivity contribution in [3.63, 3.8) is 0 Å². The topological polar surface area (TPSA) is 643 Å². The Kier molecular flexibility index (Phi) is 43.6. The highest BCUT2D eigenvalue weighted by Crippen LogP contribution is 2.25. The Morgan fingerprint density at radius 1 is 0.511 bits per heavy atom. The van der Waals surface area contributed by atoms with Crippen LogP contribution in [0, 0.1) is 21.6 Å². The van der Waals surface area contributed by atoms with E-state index in [0.717, 1.165) is 79.6 Å². The Bertz CT molecular complexity index is 5660. The van der Waals surface area contributed by atoms with Gasteiger partial charge in [0.1, 0.15) is 28.5 Å². The van der Waals surface area contributed by atoms with E-state index in [-0.39, 0.29) is 80.2 Å². The van der Waals surface area contributed by atoms with E-state index in [9.17, 15) is 58.1 Å². The SMILES string of the molecule is C1=CCNC1.CC(N)c1ccccc1.CC(Nc1nc(Cl)ncc1C(N)=O)c1ccccc1.CC(Nc1nc(Cl)ncc1C(N)=O)c1ccccc1.N#COc1cccc([N+](=O)[O-])c1.NC(=O)c1cnc(Cl)[nH]c1=O.Nc1cccc(NC(=O)N2CC=CC2)c1.Nc1cccc(NC(=O)N2CC=CC2)c1.Nc1cccc(NC(=O)N2CCCC2)c1.O=C(O)c1c[nH]c(=O)[nH]c1=O. The highest BCUT2D eigenvalue weighted by Gasteiger charge is 2.21. The molecule has 4 aromatic heterocycles. The summed E-state index contributed by atoms with van der Waals surface area (Å²) >= 11 is 16.8. The second-order valence-electron chi connectivity index (χ2n) is 27.5. The molecule has 24 N–H and O–H groups in total. The smallest absolute Gasteiger partial charge is 0.342 e. The number of carbonyl (C=O) groups is 7. The molecule has 15 rings (SSSR count). The van der Waals surface area contributed by atoms with Gasteiger partial charge in [0.2, 0.25) is 15.9 Å². The number of benzene rings is 7. The molecule has 0 spiro atoms. The summed E-state index contributed by atoms with van der Waals surface area (Å²) in [7, 11) is 0. The van der Waals surface area contributed by atoms with Crippen LogP contribution in [0.5, 0.6) is 5.75 Å². The Hall–Kier alpha value is -16.4. The van der Waals surface area contributed by atoms with Crippen LogP contribution in [0.2, 0.25) is 15.9 Å². The van der Waals surface area contributed by atoms with Crippen LogP contribution in [0.1, 0.15) is 110 Å². The van der Waals surface area contributed by atoms with Crippen LogP contribution in [-0.4, -0.2) is 159 Å². The molecule has 1 fully saturated rings. The minimum atomic E-state index is -1.37. The summed E-state index contributed by atoms with van der Waals surface area (Å²) in [4.78, 5) is 150. The first-order valence-electron chi connectivity index (χ1n) is 39.6. The molecule has 3 atom stereocenters. The molecule has 43 heteroatoms. The molecule has 7 aromatic carbocycles. The number of primary amides is 3. The third-order valence-electron chi connectivity index (χ3n) is 17.7. The highest BCUT2D eigenvalue weighted by molar-refractivity contribution is 6.29. The van der Waals surface area contributed by atoms with Crippen molar-refractivity contribution in [2.75, 3.05) is 96.1 Å². The molecule has 131 heavy (non-hydrogen) atoms. The number of ether oxygens (including phenoxy) is 1. The number of nitro groups is 1. The van der Waals surface area contributed by atoms with Crippen molar-refractivity contribution < 1.29 is 48.3 Å². The standard InChI is InChI=1S/2C13H13ClN4O.C11H15N3O.2C11H13N3O.C8H11N.C7H4N2O3.C5H4ClN3O2.C5H4N2O4.C4H7N/c2*1-8(9-5-3-2-4-6-9)17-12-10(11(15)19)7-16-13(14)18-12;3*12-9-4-3-5-10(8-9)13-11(15)14-6-1-2-7-14;1-7(9)8-5-3-2-4-6-8;8-5-12-7-3-1-2-6(4-7)9(10)11;6-5-8-1-2(3(7)10)4(11)9-5;8-3-2(4(9)10)1-6-5(11)7-3;1-2-4-5-3-1/h2*2-8H,1H3,(H2,15,19)(H,16,17,18);3-5,8H,1-2,6-7,12H2,(H,13,15);2*1-5,8H,6-7,12H2,(H,13,15);2-7H,9H2,1H3;1-4H;1H,(H2,7,10)(H,8,9,11);1H,(H,9,10)(H2,6,7,8,11);1-2,5H,3-4H2. The summed E-state index contributed by atoms with van der Waals surface area (Å²) in [5, 5.41) is 44.5. The van der Waals surface area contributed by atoms with E-state index < -0.39 is 51.0 Å². The van der Waals surface area contributed by atoms with E-state index in [1.165, 1.54) is 48.5 Å². The van der Waals surface area contributed by atoms with Gasteiger partial charge in [-0.2, -0.15) is 9.97 Å². The number of H-pyrrole nitrogens is 3. The number of nitrogen functional groups attached to an aromatic ring is 3. The van der Waals surface area contributed by atoms with E-state index in [4.69, 9.17) is 85.3 Å². The number of halogens is 3. The van der Waals surface area contributed by atoms with Gasteiger partial charge in [0, 0.05) is 135 Å². The van der Waals surface area contributed by atoms with Crippen LogP contribution in [0.4, 0.5) is 65.8 Å². The molecule has 0 saturated carbocycles. The zero-order valence-electron chi connectivity index (χ0n) is 70.9. The lowest BCUT2D eigenvalue weighted by Crippen LogP contribution is -2.32. The molecule has 0 radical (unpaired) electrons. The molecule has 4 aliphatic rings. The fourth-order valence-corrected chi connectivity index (χ4v) is 11.4. The maximum atomic E-state index is 11.7. The van der Waals surface area contributed by atoms with Crippen LogP contribution in [0.3, 0.4) is 0 Å². The molecule has 0 bridgehead atoms. The number of amides is 9. The number of aromatic carboxylic acids is 1. The maximum absolute atomic E-state index is 11.7. The van der Waals surface area contributed by atoms with Gasteiger partial charge in [-0.05, 0) is 146 Å². The van der Waals surface area contributed by atoms with Crippen molar-refractivity contribution in [2.24, 2.45) is 22.9 Å². The number of nitrogens with two attached hydrogens (primary N) is 7. The van der Waals surface area contributed by atoms with Crippen LogP contribution < -0.4 is 93.6 Å². The van der Waals surface area contributed by atoms with Gasteiger partial charge in [-0.1, -0.05) is 152 Å². The number of anilines is 8. The number of likely N-dealkylation sites (tertiary alicyclic amines) is 1. The van der Waals surface area contributed by atoms with Gasteiger partial charge >= 0.3 is 29.8 Å². The van der Waals surface area contributed by atoms with Gasteiger partial charge in [0.25, 0.3) is 40.8 Å². The minimum Gasteiger partial charge on any atom is -0.477 e. The number of aromatic nitrogens is 8. The fourth-order valence-electron chi connectivity index (χ4n) is 11.0. The molecule has 11 aromatic rings. The quantitative estimate of drug-likeness (QED) is 0.0107. The lowest BCUT2D eigenvalue weighted by molar-refractivity contribution is -0.384. The van der Waals surface area contributed by atoms with Crippen molar-refractivity contribution in [1.82, 2.24) is 59.9 Å². The van der Waals surface area contributed by atoms with Crippen LogP contribution >= 0.6 is 34.8 Å². The number of non-ortho nitro benzene ring substituents is 1. The van der Waals surface area contributed by atoms with E-state index in [2.05, 4.69) is 78.7 Å². The zero-order chi connectivity index (χ0) is 95.7. The number of nitrogens with one attached hydrogen (secondary N) is 9. The lowest BCUT2D eigenvalue weighted by atomic mass is 10.1.